The zero-order valence-electron chi connectivity index (χ0n) is 19.2. The van der Waals surface area contributed by atoms with Gasteiger partial charge in [-0.05, 0) is 23.8 Å². The van der Waals surface area contributed by atoms with Crippen molar-refractivity contribution in [1.29, 1.82) is 0 Å². The van der Waals surface area contributed by atoms with E-state index in [9.17, 15) is 18.6 Å². The highest BCUT2D eigenvalue weighted by Crippen LogP contribution is 2.43. The summed E-state index contributed by atoms with van der Waals surface area (Å²) in [5.41, 5.74) is 1.21. The van der Waals surface area contributed by atoms with Crippen LogP contribution in [0.15, 0.2) is 39.9 Å². The molecule has 1 saturated heterocycles. The number of sulfonamides is 1. The van der Waals surface area contributed by atoms with E-state index in [1.54, 1.807) is 5.38 Å². The minimum absolute atomic E-state index is 0.0595. The highest BCUT2D eigenvalue weighted by molar-refractivity contribution is 7.91. The second-order valence-electron chi connectivity index (χ2n) is 9.32. The Morgan fingerprint density at radius 3 is 2.59 bits per heavy atom. The van der Waals surface area contributed by atoms with Gasteiger partial charge < -0.3 is 20.8 Å². The van der Waals surface area contributed by atoms with E-state index < -0.39 is 16.1 Å². The van der Waals surface area contributed by atoms with Crippen molar-refractivity contribution in [3.63, 3.8) is 0 Å². The Kier molecular flexibility index (Phi) is 7.15. The van der Waals surface area contributed by atoms with E-state index in [0.29, 0.717) is 31.0 Å². The summed E-state index contributed by atoms with van der Waals surface area (Å²) in [6.07, 6.45) is 1.28. The Morgan fingerprint density at radius 1 is 1.21 bits per heavy atom. The van der Waals surface area contributed by atoms with Gasteiger partial charge in [-0.25, -0.2) is 8.42 Å². The number of benzene rings is 1. The van der Waals surface area contributed by atoms with E-state index in [2.05, 4.69) is 52.3 Å². The van der Waals surface area contributed by atoms with Crippen LogP contribution in [0.3, 0.4) is 0 Å². The molecule has 4 N–H and O–H groups in total. The van der Waals surface area contributed by atoms with Crippen molar-refractivity contribution in [2.45, 2.75) is 49.9 Å². The molecular formula is C22H29N5O4S3. The highest BCUT2D eigenvalue weighted by Gasteiger charge is 2.38. The van der Waals surface area contributed by atoms with Crippen molar-refractivity contribution in [2.75, 3.05) is 23.8 Å². The van der Waals surface area contributed by atoms with Crippen LogP contribution in [0.2, 0.25) is 0 Å². The first-order valence-corrected chi connectivity index (χ1v) is 14.0. The van der Waals surface area contributed by atoms with Gasteiger partial charge in [0, 0.05) is 18.0 Å². The summed E-state index contributed by atoms with van der Waals surface area (Å²) in [5.74, 6) is 0.563. The second kappa shape index (κ2) is 9.78. The molecule has 0 aliphatic carbocycles. The van der Waals surface area contributed by atoms with Gasteiger partial charge in [-0.3, -0.25) is 0 Å². The Bertz CT molecular complexity index is 1220. The quantitative estimate of drug-likeness (QED) is 0.342. The molecule has 184 valence electrons. The highest BCUT2D eigenvalue weighted by atomic mass is 32.2. The number of aromatic nitrogens is 2. The first-order valence-electron chi connectivity index (χ1n) is 11.0. The monoisotopic (exact) mass is 523 g/mol. The minimum atomic E-state index is -3.92. The van der Waals surface area contributed by atoms with Gasteiger partial charge in [0.15, 0.2) is 21.6 Å². The number of hydrogen-bond acceptors (Lipinski definition) is 10. The summed E-state index contributed by atoms with van der Waals surface area (Å²) in [4.78, 5) is 0. The predicted molar refractivity (Wildman–Crippen MR) is 135 cm³/mol. The molecular weight excluding hydrogens is 494 g/mol. The molecule has 0 spiro atoms. The summed E-state index contributed by atoms with van der Waals surface area (Å²) >= 11 is 1.95. The lowest BCUT2D eigenvalue weighted by molar-refractivity contribution is 0.213. The van der Waals surface area contributed by atoms with Gasteiger partial charge in [0.1, 0.15) is 0 Å². The van der Waals surface area contributed by atoms with E-state index in [-0.39, 0.29) is 33.7 Å². The van der Waals surface area contributed by atoms with Crippen molar-refractivity contribution in [3.8, 4) is 5.75 Å². The Balaban J connectivity index is 1.58. The zero-order valence-corrected chi connectivity index (χ0v) is 21.7. The molecule has 1 aromatic carbocycles. The Hall–Kier alpha value is -2.25. The van der Waals surface area contributed by atoms with Gasteiger partial charge in [-0.1, -0.05) is 51.1 Å². The van der Waals surface area contributed by atoms with Crippen LogP contribution in [-0.2, 0) is 10.0 Å². The number of thiophene rings is 1. The summed E-state index contributed by atoms with van der Waals surface area (Å²) in [6.45, 7) is 6.47. The maximum atomic E-state index is 13.1. The van der Waals surface area contributed by atoms with Crippen LogP contribution in [0, 0.1) is 5.41 Å². The molecule has 3 aromatic rings. The van der Waals surface area contributed by atoms with Gasteiger partial charge in [-0.2, -0.15) is 13.1 Å². The molecule has 0 bridgehead atoms. The summed E-state index contributed by atoms with van der Waals surface area (Å²) < 4.78 is 36.1. The lowest BCUT2D eigenvalue weighted by Crippen LogP contribution is -2.37. The van der Waals surface area contributed by atoms with Crippen molar-refractivity contribution in [1.82, 2.24) is 13.1 Å². The van der Waals surface area contributed by atoms with Crippen molar-refractivity contribution >= 4 is 50.4 Å². The van der Waals surface area contributed by atoms with Gasteiger partial charge in [-0.15, -0.1) is 11.3 Å². The van der Waals surface area contributed by atoms with Gasteiger partial charge in [0.05, 0.1) is 30.1 Å². The smallest absolute Gasteiger partial charge is 0.256 e. The molecule has 9 nitrogen and oxygen atoms in total. The third kappa shape index (κ3) is 4.91. The largest absolute Gasteiger partial charge is 0.504 e. The first kappa shape index (κ1) is 24.9. The molecule has 1 aliphatic heterocycles. The van der Waals surface area contributed by atoms with Crippen molar-refractivity contribution in [3.05, 3.63) is 41.3 Å². The third-order valence-electron chi connectivity index (χ3n) is 5.83. The minimum Gasteiger partial charge on any atom is -0.504 e. The van der Waals surface area contributed by atoms with Crippen LogP contribution in [0.1, 0.15) is 45.2 Å². The number of rotatable bonds is 8. The van der Waals surface area contributed by atoms with Crippen LogP contribution in [0.25, 0.3) is 0 Å². The molecule has 0 amide bonds. The van der Waals surface area contributed by atoms with Gasteiger partial charge in [0.2, 0.25) is 0 Å². The number of nitrogens with one attached hydrogen (secondary N) is 2. The number of hydrogen-bond donors (Lipinski definition) is 4. The fourth-order valence-electron chi connectivity index (χ4n) is 4.10. The molecule has 34 heavy (non-hydrogen) atoms. The number of aliphatic hydroxyl groups excluding tert-OH is 1. The molecule has 0 radical (unpaired) electrons. The average molecular weight is 524 g/mol. The Labute approximate surface area is 207 Å². The van der Waals surface area contributed by atoms with Crippen LogP contribution in [0.5, 0.6) is 5.75 Å². The predicted octanol–water partition coefficient (Wildman–Crippen LogP) is 4.39. The fraction of sp³-hybridized carbons (Fsp3) is 0.455. The SMILES string of the molecule is CC(C)(C)[C@@H](Nc1nsnc1Nc1csc(S(=O)(=O)N2CCCC2CO)c1O)c1ccccc1. The van der Waals surface area contributed by atoms with E-state index in [1.807, 2.05) is 18.2 Å². The summed E-state index contributed by atoms with van der Waals surface area (Å²) in [5, 5.41) is 28.4. The molecule has 1 aliphatic rings. The van der Waals surface area contributed by atoms with E-state index in [1.165, 1.54) is 4.31 Å². The normalized spacial score (nSPS) is 18.2. The summed E-state index contributed by atoms with van der Waals surface area (Å²) in [7, 11) is -3.92. The molecule has 2 atom stereocenters. The topological polar surface area (TPSA) is 128 Å². The van der Waals surface area contributed by atoms with Crippen LogP contribution in [0.4, 0.5) is 17.3 Å². The van der Waals surface area contributed by atoms with Gasteiger partial charge in [0.25, 0.3) is 10.0 Å². The summed E-state index contributed by atoms with van der Waals surface area (Å²) in [6, 6.07) is 9.52. The number of anilines is 3. The maximum Gasteiger partial charge on any atom is 0.256 e. The van der Waals surface area contributed by atoms with Gasteiger partial charge >= 0.3 is 0 Å². The van der Waals surface area contributed by atoms with E-state index in [4.69, 9.17) is 0 Å². The second-order valence-corrected chi connectivity index (χ2v) is 12.8. The maximum absolute atomic E-state index is 13.1. The molecule has 12 heteroatoms. The Morgan fingerprint density at radius 2 is 1.91 bits per heavy atom. The van der Waals surface area contributed by atoms with E-state index in [0.717, 1.165) is 28.6 Å². The van der Waals surface area contributed by atoms with Crippen molar-refractivity contribution in [2.24, 2.45) is 5.41 Å². The number of aliphatic hydroxyl groups is 1. The third-order valence-corrected chi connectivity index (χ3v) is 9.80. The zero-order chi connectivity index (χ0) is 24.5. The first-order chi connectivity index (χ1) is 16.1. The average Bonchev–Trinajstić information content (AvgIpc) is 3.53. The molecule has 1 unspecified atom stereocenters. The fourth-order valence-corrected chi connectivity index (χ4v) is 7.61. The van der Waals surface area contributed by atoms with Crippen molar-refractivity contribution < 1.29 is 18.6 Å². The lowest BCUT2D eigenvalue weighted by Gasteiger charge is -2.32. The number of nitrogens with zero attached hydrogens (tertiary/aromatic N) is 3. The molecule has 3 heterocycles. The van der Waals surface area contributed by atoms with E-state index >= 15 is 0 Å². The molecule has 2 aromatic heterocycles. The van der Waals surface area contributed by atoms with Crippen LogP contribution >= 0.6 is 23.1 Å². The van der Waals surface area contributed by atoms with Crippen LogP contribution < -0.4 is 10.6 Å². The molecule has 0 saturated carbocycles. The van der Waals surface area contributed by atoms with Crippen LogP contribution in [-0.4, -0.2) is 50.9 Å². The molecule has 1 fully saturated rings. The molecule has 4 rings (SSSR count). The number of aromatic hydroxyl groups is 1. The standard InChI is InChI=1S/C22H29N5O4S3/c1-22(2,3)18(14-8-5-4-6-9-14)24-20-19(25-33-26-20)23-16-13-32-21(17(16)29)34(30,31)27-11-7-10-15(27)12-28/h4-6,8-9,13,15,18,28-29H,7,10-12H2,1-3H3,(H,23,25)(H,24,26)/t15?,18-/m0/s1. The lowest BCUT2D eigenvalue weighted by atomic mass is 9.82.